The molecule has 0 aliphatic carbocycles. The third-order valence-corrected chi connectivity index (χ3v) is 5.01. The van der Waals surface area contributed by atoms with E-state index in [0.717, 1.165) is 11.3 Å². The molecular weight excluding hydrogens is 320 g/mol. The van der Waals surface area contributed by atoms with Crippen molar-refractivity contribution in [3.8, 4) is 0 Å². The molecule has 1 rings (SSSR count). The largest absolute Gasteiger partial charge is 0.305 e. The van der Waals surface area contributed by atoms with Gasteiger partial charge in [0.1, 0.15) is 0 Å². The lowest BCUT2D eigenvalue weighted by atomic mass is 10.7. The predicted octanol–water partition coefficient (Wildman–Crippen LogP) is 2.52. The second kappa shape index (κ2) is 3.14. The van der Waals surface area contributed by atoms with E-state index < -0.39 is 10.1 Å². The molecule has 0 amide bonds. The Kier molecular flexibility index (Phi) is 2.75. The lowest BCUT2D eigenvalue weighted by molar-refractivity contribution is 0.485. The molecule has 3 nitrogen and oxygen atoms in total. The summed E-state index contributed by atoms with van der Waals surface area (Å²) in [7, 11) is -4.07. The molecule has 0 bridgehead atoms. The fourth-order valence-corrected chi connectivity index (χ4v) is 4.59. The molecule has 62 valence electrons. The first-order chi connectivity index (χ1) is 4.91. The normalized spacial score (nSPS) is 11.9. The summed E-state index contributed by atoms with van der Waals surface area (Å²) in [5.41, 5.74) is 0. The Bertz CT molecular complexity index is 367. The Balaban J connectivity index is 3.36. The third kappa shape index (κ3) is 2.25. The predicted molar refractivity (Wildman–Crippen MR) is 49.5 cm³/mol. The van der Waals surface area contributed by atoms with E-state index in [1.807, 2.05) is 0 Å². The van der Waals surface area contributed by atoms with Gasteiger partial charge in [-0.1, -0.05) is 0 Å². The van der Waals surface area contributed by atoms with Crippen molar-refractivity contribution < 1.29 is 13.0 Å². The van der Waals surface area contributed by atoms with Crippen LogP contribution in [0.1, 0.15) is 0 Å². The zero-order chi connectivity index (χ0) is 8.65. The summed E-state index contributed by atoms with van der Waals surface area (Å²) in [5, 5.41) is 0. The molecule has 0 saturated carbocycles. The van der Waals surface area contributed by atoms with Gasteiger partial charge in [-0.2, -0.15) is 8.42 Å². The van der Waals surface area contributed by atoms with E-state index in [1.54, 1.807) is 6.07 Å². The Morgan fingerprint density at radius 3 is 2.18 bits per heavy atom. The molecule has 0 spiro atoms. The SMILES string of the molecule is O=S(=O)(O)c1sc(Br)cc1Br. The second-order valence-corrected chi connectivity index (χ2v) is 6.56. The van der Waals surface area contributed by atoms with Crippen molar-refractivity contribution in [1.29, 1.82) is 0 Å². The van der Waals surface area contributed by atoms with E-state index in [2.05, 4.69) is 31.9 Å². The van der Waals surface area contributed by atoms with Gasteiger partial charge in [-0.3, -0.25) is 4.55 Å². The average molecular weight is 322 g/mol. The van der Waals surface area contributed by atoms with E-state index in [1.165, 1.54) is 0 Å². The number of hydrogen-bond acceptors (Lipinski definition) is 3. The molecule has 0 unspecified atom stereocenters. The topological polar surface area (TPSA) is 54.4 Å². The van der Waals surface area contributed by atoms with Crippen LogP contribution in [0, 0.1) is 0 Å². The second-order valence-electron chi connectivity index (χ2n) is 1.66. The Labute approximate surface area is 84.4 Å². The fraction of sp³-hybridized carbons (Fsp3) is 0. The highest BCUT2D eigenvalue weighted by atomic mass is 79.9. The lowest BCUT2D eigenvalue weighted by Gasteiger charge is -1.89. The maximum absolute atomic E-state index is 10.6. The molecule has 1 N–H and O–H groups in total. The molecule has 0 aliphatic heterocycles. The Morgan fingerprint density at radius 2 is 2.00 bits per heavy atom. The maximum Gasteiger partial charge on any atom is 0.305 e. The molecular formula is C4H2Br2O3S2. The van der Waals surface area contributed by atoms with Crippen LogP contribution in [0.5, 0.6) is 0 Å². The number of hydrogen-bond donors (Lipinski definition) is 1. The summed E-state index contributed by atoms with van der Waals surface area (Å²) in [6.45, 7) is 0. The summed E-state index contributed by atoms with van der Waals surface area (Å²) >= 11 is 7.04. The van der Waals surface area contributed by atoms with Crippen molar-refractivity contribution in [2.75, 3.05) is 0 Å². The van der Waals surface area contributed by atoms with Gasteiger partial charge in [0.25, 0.3) is 0 Å². The maximum atomic E-state index is 10.6. The van der Waals surface area contributed by atoms with Crippen LogP contribution in [-0.4, -0.2) is 13.0 Å². The summed E-state index contributed by atoms with van der Waals surface area (Å²) in [6, 6.07) is 1.56. The number of rotatable bonds is 1. The first-order valence-electron chi connectivity index (χ1n) is 2.33. The van der Waals surface area contributed by atoms with Crippen molar-refractivity contribution in [3.63, 3.8) is 0 Å². The van der Waals surface area contributed by atoms with Crippen LogP contribution in [0.15, 0.2) is 18.5 Å². The summed E-state index contributed by atoms with van der Waals surface area (Å²) in [6.07, 6.45) is 0. The van der Waals surface area contributed by atoms with Crippen LogP contribution < -0.4 is 0 Å². The van der Waals surface area contributed by atoms with Crippen molar-refractivity contribution in [3.05, 3.63) is 14.3 Å². The van der Waals surface area contributed by atoms with E-state index >= 15 is 0 Å². The van der Waals surface area contributed by atoms with Gasteiger partial charge in [0.05, 0.1) is 8.26 Å². The minimum absolute atomic E-state index is 0.0793. The van der Waals surface area contributed by atoms with Crippen molar-refractivity contribution in [1.82, 2.24) is 0 Å². The molecule has 1 aromatic rings. The fourth-order valence-electron chi connectivity index (χ4n) is 0.501. The van der Waals surface area contributed by atoms with Gasteiger partial charge in [-0.15, -0.1) is 11.3 Å². The van der Waals surface area contributed by atoms with Gasteiger partial charge in [-0.05, 0) is 37.9 Å². The van der Waals surface area contributed by atoms with Crippen LogP contribution in [0.2, 0.25) is 0 Å². The molecule has 7 heteroatoms. The summed E-state index contributed by atoms with van der Waals surface area (Å²) < 4.78 is 30.7. The molecule has 0 aromatic carbocycles. The first kappa shape index (κ1) is 9.66. The van der Waals surface area contributed by atoms with Crippen LogP contribution in [0.4, 0.5) is 0 Å². The van der Waals surface area contributed by atoms with Crippen LogP contribution in [0.25, 0.3) is 0 Å². The Hall–Kier alpha value is 0.570. The highest BCUT2D eigenvalue weighted by Gasteiger charge is 2.17. The van der Waals surface area contributed by atoms with Gasteiger partial charge in [-0.25, -0.2) is 0 Å². The van der Waals surface area contributed by atoms with Crippen molar-refractivity contribution >= 4 is 53.3 Å². The molecule has 0 radical (unpaired) electrons. The van der Waals surface area contributed by atoms with Gasteiger partial charge in [0.15, 0.2) is 4.21 Å². The lowest BCUT2D eigenvalue weighted by Crippen LogP contribution is -1.94. The van der Waals surface area contributed by atoms with E-state index in [-0.39, 0.29) is 4.21 Å². The van der Waals surface area contributed by atoms with E-state index in [9.17, 15) is 8.42 Å². The zero-order valence-electron chi connectivity index (χ0n) is 4.91. The molecule has 1 aromatic heterocycles. The minimum atomic E-state index is -4.07. The van der Waals surface area contributed by atoms with E-state index in [4.69, 9.17) is 4.55 Å². The van der Waals surface area contributed by atoms with Gasteiger partial charge in [0, 0.05) is 0 Å². The molecule has 0 saturated heterocycles. The molecule has 1 heterocycles. The quantitative estimate of drug-likeness (QED) is 0.809. The third-order valence-electron chi connectivity index (χ3n) is 0.860. The highest BCUT2D eigenvalue weighted by molar-refractivity contribution is 9.11. The van der Waals surface area contributed by atoms with E-state index in [0.29, 0.717) is 8.26 Å². The monoisotopic (exact) mass is 320 g/mol. The summed E-state index contributed by atoms with van der Waals surface area (Å²) in [4.78, 5) is 0. The average Bonchev–Trinajstić information content (AvgIpc) is 2.08. The van der Waals surface area contributed by atoms with Gasteiger partial charge < -0.3 is 0 Å². The van der Waals surface area contributed by atoms with Gasteiger partial charge >= 0.3 is 10.1 Å². The number of halogens is 2. The van der Waals surface area contributed by atoms with Crippen molar-refractivity contribution in [2.24, 2.45) is 0 Å². The molecule has 0 atom stereocenters. The highest BCUT2D eigenvalue weighted by Crippen LogP contribution is 2.34. The Morgan fingerprint density at radius 1 is 1.45 bits per heavy atom. The molecule has 11 heavy (non-hydrogen) atoms. The van der Waals surface area contributed by atoms with Gasteiger partial charge in [0.2, 0.25) is 0 Å². The smallest absolute Gasteiger partial charge is 0.281 e. The minimum Gasteiger partial charge on any atom is -0.281 e. The van der Waals surface area contributed by atoms with Crippen LogP contribution in [0.3, 0.4) is 0 Å². The molecule has 0 aliphatic rings. The van der Waals surface area contributed by atoms with Crippen LogP contribution in [-0.2, 0) is 10.1 Å². The van der Waals surface area contributed by atoms with Crippen LogP contribution >= 0.6 is 43.2 Å². The van der Waals surface area contributed by atoms with Crippen molar-refractivity contribution in [2.45, 2.75) is 4.21 Å². The standard InChI is InChI=1S/C4H2Br2O3S2/c5-2-1-3(6)10-4(2)11(7,8)9/h1H,(H,7,8,9). The number of thiophene rings is 1. The first-order valence-corrected chi connectivity index (χ1v) is 6.18. The molecule has 0 fully saturated rings. The summed E-state index contributed by atoms with van der Waals surface area (Å²) in [5.74, 6) is 0. The zero-order valence-corrected chi connectivity index (χ0v) is 9.72.